The lowest BCUT2D eigenvalue weighted by Gasteiger charge is -2.14. The SMILES string of the molecule is O=C(c1cnc(Nc2c(Cl)cccc2Cl)cn1)N1CCCC1. The highest BCUT2D eigenvalue weighted by molar-refractivity contribution is 6.39. The number of aromatic nitrogens is 2. The summed E-state index contributed by atoms with van der Waals surface area (Å²) in [4.78, 5) is 22.4. The Balaban J connectivity index is 1.75. The number of hydrogen-bond donors (Lipinski definition) is 1. The van der Waals surface area contributed by atoms with E-state index in [1.165, 1.54) is 12.4 Å². The van der Waals surface area contributed by atoms with Gasteiger partial charge in [0.15, 0.2) is 0 Å². The van der Waals surface area contributed by atoms with Gasteiger partial charge < -0.3 is 10.2 Å². The first kappa shape index (κ1) is 15.1. The second kappa shape index (κ2) is 6.50. The van der Waals surface area contributed by atoms with Crippen LogP contribution in [0.15, 0.2) is 30.6 Å². The van der Waals surface area contributed by atoms with Crippen LogP contribution in [0.25, 0.3) is 0 Å². The Hall–Kier alpha value is -1.85. The minimum Gasteiger partial charge on any atom is -0.337 e. The molecule has 2 heterocycles. The number of nitrogens with zero attached hydrogens (tertiary/aromatic N) is 3. The molecule has 1 aliphatic heterocycles. The van der Waals surface area contributed by atoms with Crippen LogP contribution in [-0.2, 0) is 0 Å². The van der Waals surface area contributed by atoms with Crippen molar-refractivity contribution in [1.29, 1.82) is 0 Å². The molecule has 114 valence electrons. The summed E-state index contributed by atoms with van der Waals surface area (Å²) in [5.74, 6) is 0.403. The molecule has 0 aliphatic carbocycles. The minimum atomic E-state index is -0.0766. The number of para-hydroxylation sites is 1. The van der Waals surface area contributed by atoms with Crippen molar-refractivity contribution in [2.75, 3.05) is 18.4 Å². The first-order valence-corrected chi connectivity index (χ1v) is 7.73. The van der Waals surface area contributed by atoms with E-state index >= 15 is 0 Å². The van der Waals surface area contributed by atoms with Crippen molar-refractivity contribution in [1.82, 2.24) is 14.9 Å². The third kappa shape index (κ3) is 3.15. The molecule has 1 fully saturated rings. The lowest BCUT2D eigenvalue weighted by Crippen LogP contribution is -2.28. The molecule has 0 bridgehead atoms. The lowest BCUT2D eigenvalue weighted by atomic mass is 10.3. The molecule has 22 heavy (non-hydrogen) atoms. The van der Waals surface area contributed by atoms with Crippen LogP contribution in [0.4, 0.5) is 11.5 Å². The third-order valence-electron chi connectivity index (χ3n) is 3.48. The van der Waals surface area contributed by atoms with Gasteiger partial charge in [0.25, 0.3) is 5.91 Å². The zero-order chi connectivity index (χ0) is 15.5. The van der Waals surface area contributed by atoms with E-state index in [1.807, 2.05) is 0 Å². The molecular formula is C15H14Cl2N4O. The Kier molecular flexibility index (Phi) is 4.45. The van der Waals surface area contributed by atoms with Gasteiger partial charge in [-0.2, -0.15) is 0 Å². The van der Waals surface area contributed by atoms with Gasteiger partial charge in [-0.3, -0.25) is 4.79 Å². The summed E-state index contributed by atoms with van der Waals surface area (Å²) in [5.41, 5.74) is 0.913. The van der Waals surface area contributed by atoms with E-state index in [2.05, 4.69) is 15.3 Å². The second-order valence-electron chi connectivity index (χ2n) is 5.01. The van der Waals surface area contributed by atoms with Crippen molar-refractivity contribution < 1.29 is 4.79 Å². The zero-order valence-electron chi connectivity index (χ0n) is 11.7. The Labute approximate surface area is 138 Å². The summed E-state index contributed by atoms with van der Waals surface area (Å²) in [6, 6.07) is 5.22. The molecule has 0 atom stereocenters. The fraction of sp³-hybridized carbons (Fsp3) is 0.267. The molecule has 1 amide bonds. The molecule has 1 aromatic heterocycles. The van der Waals surface area contributed by atoms with Gasteiger partial charge in [0, 0.05) is 13.1 Å². The van der Waals surface area contributed by atoms with Crippen LogP contribution in [0.5, 0.6) is 0 Å². The van der Waals surface area contributed by atoms with Gasteiger partial charge in [-0.25, -0.2) is 9.97 Å². The van der Waals surface area contributed by atoms with Crippen LogP contribution in [0.1, 0.15) is 23.3 Å². The van der Waals surface area contributed by atoms with E-state index in [4.69, 9.17) is 23.2 Å². The monoisotopic (exact) mass is 336 g/mol. The summed E-state index contributed by atoms with van der Waals surface area (Å²) in [5, 5.41) is 4.00. The molecule has 1 aromatic carbocycles. The number of rotatable bonds is 3. The molecular weight excluding hydrogens is 323 g/mol. The number of amides is 1. The first-order chi connectivity index (χ1) is 10.6. The van der Waals surface area contributed by atoms with Gasteiger partial charge >= 0.3 is 0 Å². The van der Waals surface area contributed by atoms with Crippen LogP contribution in [0, 0.1) is 0 Å². The number of halogens is 2. The molecule has 0 radical (unpaired) electrons. The summed E-state index contributed by atoms with van der Waals surface area (Å²) in [6.07, 6.45) is 5.06. The average molecular weight is 337 g/mol. The highest BCUT2D eigenvalue weighted by atomic mass is 35.5. The Bertz CT molecular complexity index is 664. The van der Waals surface area contributed by atoms with Crippen LogP contribution < -0.4 is 5.32 Å². The molecule has 7 heteroatoms. The number of hydrogen-bond acceptors (Lipinski definition) is 4. The van der Waals surface area contributed by atoms with E-state index in [0.717, 1.165) is 25.9 Å². The predicted molar refractivity (Wildman–Crippen MR) is 86.9 cm³/mol. The standard InChI is InChI=1S/C15H14Cl2N4O/c16-10-4-3-5-11(17)14(10)20-13-9-18-12(8-19-13)15(22)21-6-1-2-7-21/h3-5,8-9H,1-2,6-7H2,(H,19,20). The van der Waals surface area contributed by atoms with Crippen molar-refractivity contribution in [3.05, 3.63) is 46.3 Å². The number of carbonyl (C=O) groups is 1. The molecule has 1 saturated heterocycles. The molecule has 0 saturated carbocycles. The fourth-order valence-electron chi connectivity index (χ4n) is 2.33. The lowest BCUT2D eigenvalue weighted by molar-refractivity contribution is 0.0786. The van der Waals surface area contributed by atoms with Crippen LogP contribution in [0.2, 0.25) is 10.0 Å². The minimum absolute atomic E-state index is 0.0766. The van der Waals surface area contributed by atoms with E-state index < -0.39 is 0 Å². The van der Waals surface area contributed by atoms with Crippen LogP contribution in [0.3, 0.4) is 0 Å². The second-order valence-corrected chi connectivity index (χ2v) is 5.82. The molecule has 1 aliphatic rings. The maximum atomic E-state index is 12.2. The Morgan fingerprint density at radius 2 is 1.77 bits per heavy atom. The Morgan fingerprint density at radius 1 is 1.09 bits per heavy atom. The highest BCUT2D eigenvalue weighted by Gasteiger charge is 2.20. The summed E-state index contributed by atoms with van der Waals surface area (Å²) in [7, 11) is 0. The van der Waals surface area contributed by atoms with E-state index in [0.29, 0.717) is 27.2 Å². The normalized spacial score (nSPS) is 14.2. The fourth-order valence-corrected chi connectivity index (χ4v) is 2.82. The number of likely N-dealkylation sites (tertiary alicyclic amines) is 1. The smallest absolute Gasteiger partial charge is 0.274 e. The summed E-state index contributed by atoms with van der Waals surface area (Å²) < 4.78 is 0. The van der Waals surface area contributed by atoms with Crippen LogP contribution >= 0.6 is 23.2 Å². The quantitative estimate of drug-likeness (QED) is 0.926. The molecule has 1 N–H and O–H groups in total. The van der Waals surface area contributed by atoms with Crippen molar-refractivity contribution in [2.45, 2.75) is 12.8 Å². The maximum Gasteiger partial charge on any atom is 0.274 e. The van der Waals surface area contributed by atoms with Crippen molar-refractivity contribution in [3.8, 4) is 0 Å². The molecule has 0 unspecified atom stereocenters. The van der Waals surface area contributed by atoms with E-state index in [9.17, 15) is 4.79 Å². The van der Waals surface area contributed by atoms with Crippen LogP contribution in [-0.4, -0.2) is 33.9 Å². The maximum absolute atomic E-state index is 12.2. The van der Waals surface area contributed by atoms with Gasteiger partial charge in [0.1, 0.15) is 11.5 Å². The van der Waals surface area contributed by atoms with Gasteiger partial charge in [0.05, 0.1) is 28.1 Å². The van der Waals surface area contributed by atoms with Gasteiger partial charge in [-0.1, -0.05) is 29.3 Å². The Morgan fingerprint density at radius 3 is 2.36 bits per heavy atom. The van der Waals surface area contributed by atoms with Gasteiger partial charge in [0.2, 0.25) is 0 Å². The third-order valence-corrected chi connectivity index (χ3v) is 4.11. The molecule has 2 aromatic rings. The molecule has 5 nitrogen and oxygen atoms in total. The highest BCUT2D eigenvalue weighted by Crippen LogP contribution is 2.31. The zero-order valence-corrected chi connectivity index (χ0v) is 13.2. The number of anilines is 2. The number of carbonyl (C=O) groups excluding carboxylic acids is 1. The average Bonchev–Trinajstić information content (AvgIpc) is 3.05. The van der Waals surface area contributed by atoms with Crippen molar-refractivity contribution in [3.63, 3.8) is 0 Å². The number of nitrogens with one attached hydrogen (secondary N) is 1. The van der Waals surface area contributed by atoms with E-state index in [-0.39, 0.29) is 5.91 Å². The molecule has 3 rings (SSSR count). The predicted octanol–water partition coefficient (Wildman–Crippen LogP) is 3.76. The van der Waals surface area contributed by atoms with Crippen molar-refractivity contribution in [2.24, 2.45) is 0 Å². The largest absolute Gasteiger partial charge is 0.337 e. The van der Waals surface area contributed by atoms with Crippen molar-refractivity contribution >= 4 is 40.6 Å². The van der Waals surface area contributed by atoms with E-state index in [1.54, 1.807) is 23.1 Å². The number of benzene rings is 1. The molecule has 0 spiro atoms. The van der Waals surface area contributed by atoms with Gasteiger partial charge in [-0.05, 0) is 25.0 Å². The summed E-state index contributed by atoms with van der Waals surface area (Å²) >= 11 is 12.2. The summed E-state index contributed by atoms with van der Waals surface area (Å²) in [6.45, 7) is 1.57. The van der Waals surface area contributed by atoms with Gasteiger partial charge in [-0.15, -0.1) is 0 Å². The topological polar surface area (TPSA) is 58.1 Å². The first-order valence-electron chi connectivity index (χ1n) is 6.97.